The van der Waals surface area contributed by atoms with Crippen molar-refractivity contribution in [3.63, 3.8) is 0 Å². The van der Waals surface area contributed by atoms with E-state index in [-0.39, 0.29) is 0 Å². The van der Waals surface area contributed by atoms with Crippen molar-refractivity contribution in [1.29, 1.82) is 0 Å². The van der Waals surface area contributed by atoms with Crippen LogP contribution in [0, 0.1) is 0 Å². The Morgan fingerprint density at radius 2 is 2.04 bits per heavy atom. The number of fused-ring (bicyclic) bond motifs is 3. The smallest absolute Gasteiger partial charge is 0.165 e. The van der Waals surface area contributed by atoms with Gasteiger partial charge in [0.2, 0.25) is 0 Å². The van der Waals surface area contributed by atoms with Gasteiger partial charge < -0.3 is 19.4 Å². The molecule has 0 fully saturated rings. The Kier molecular flexibility index (Phi) is 5.09. The average molecular weight is 367 g/mol. The van der Waals surface area contributed by atoms with Crippen LogP contribution in [0.15, 0.2) is 24.5 Å². The Balaban J connectivity index is 1.53. The fourth-order valence-electron chi connectivity index (χ4n) is 3.66. The van der Waals surface area contributed by atoms with E-state index in [4.69, 9.17) is 14.5 Å². The van der Waals surface area contributed by atoms with Crippen LogP contribution < -0.4 is 14.8 Å². The summed E-state index contributed by atoms with van der Waals surface area (Å²) in [4.78, 5) is 13.7. The highest BCUT2D eigenvalue weighted by Gasteiger charge is 2.17. The highest BCUT2D eigenvalue weighted by molar-refractivity contribution is 5.83. The van der Waals surface area contributed by atoms with Crippen molar-refractivity contribution in [2.24, 2.45) is 0 Å². The standard InChI is InChI=1S/C20H25N5O2/c1-26-15-7-8-16(27-2)14(12-15)9-10-21-19-18-20(23-13-22-19)25-11-5-3-4-6-17(25)24-18/h7-8,12-13H,3-6,9-11H2,1-2H3,(H,21,22,23). The number of ether oxygens (including phenoxy) is 2. The third kappa shape index (κ3) is 3.54. The number of aryl methyl sites for hydroxylation is 2. The van der Waals surface area contributed by atoms with Gasteiger partial charge in [-0.1, -0.05) is 6.42 Å². The Bertz CT molecular complexity index is 938. The van der Waals surface area contributed by atoms with Crippen molar-refractivity contribution in [2.75, 3.05) is 26.1 Å². The van der Waals surface area contributed by atoms with Gasteiger partial charge in [-0.2, -0.15) is 0 Å². The molecule has 0 aliphatic carbocycles. The number of hydrogen-bond donors (Lipinski definition) is 1. The van der Waals surface area contributed by atoms with E-state index in [2.05, 4.69) is 19.9 Å². The summed E-state index contributed by atoms with van der Waals surface area (Å²) in [5, 5.41) is 3.43. The number of nitrogens with zero attached hydrogens (tertiary/aromatic N) is 4. The Morgan fingerprint density at radius 1 is 1.11 bits per heavy atom. The zero-order valence-electron chi connectivity index (χ0n) is 15.9. The largest absolute Gasteiger partial charge is 0.497 e. The summed E-state index contributed by atoms with van der Waals surface area (Å²) >= 11 is 0. The third-order valence-corrected chi connectivity index (χ3v) is 5.07. The molecule has 27 heavy (non-hydrogen) atoms. The molecule has 4 rings (SSSR count). The molecule has 0 atom stereocenters. The molecule has 2 aromatic heterocycles. The van der Waals surface area contributed by atoms with Crippen molar-refractivity contribution in [2.45, 2.75) is 38.6 Å². The molecule has 0 unspecified atom stereocenters. The van der Waals surface area contributed by atoms with Crippen molar-refractivity contribution >= 4 is 17.0 Å². The van der Waals surface area contributed by atoms with Crippen molar-refractivity contribution in [1.82, 2.24) is 19.5 Å². The van der Waals surface area contributed by atoms with E-state index in [0.29, 0.717) is 0 Å². The zero-order chi connectivity index (χ0) is 18.6. The first-order valence-corrected chi connectivity index (χ1v) is 9.45. The number of imidazole rings is 1. The summed E-state index contributed by atoms with van der Waals surface area (Å²) in [5.74, 6) is 3.61. The lowest BCUT2D eigenvalue weighted by molar-refractivity contribution is 0.399. The minimum atomic E-state index is 0.720. The summed E-state index contributed by atoms with van der Waals surface area (Å²) in [6.07, 6.45) is 7.05. The number of nitrogens with one attached hydrogen (secondary N) is 1. The maximum Gasteiger partial charge on any atom is 0.165 e. The highest BCUT2D eigenvalue weighted by atomic mass is 16.5. The number of aromatic nitrogens is 4. The maximum atomic E-state index is 5.46. The summed E-state index contributed by atoms with van der Waals surface area (Å²) in [5.41, 5.74) is 2.89. The SMILES string of the molecule is COc1ccc(OC)c(CCNc2ncnc3c2nc2n3CCCCC2)c1. The molecule has 3 aromatic rings. The monoisotopic (exact) mass is 367 g/mol. The molecule has 1 aliphatic rings. The average Bonchev–Trinajstić information content (AvgIpc) is 2.90. The number of rotatable bonds is 6. The third-order valence-electron chi connectivity index (χ3n) is 5.07. The number of anilines is 1. The number of hydrogen-bond acceptors (Lipinski definition) is 6. The second-order valence-electron chi connectivity index (χ2n) is 6.74. The fourth-order valence-corrected chi connectivity index (χ4v) is 3.66. The van der Waals surface area contributed by atoms with E-state index in [0.717, 1.165) is 65.8 Å². The summed E-state index contributed by atoms with van der Waals surface area (Å²) < 4.78 is 13.0. The summed E-state index contributed by atoms with van der Waals surface area (Å²) in [7, 11) is 3.36. The van der Waals surface area contributed by atoms with Crippen LogP contribution in [0.3, 0.4) is 0 Å². The fraction of sp³-hybridized carbons (Fsp3) is 0.450. The highest BCUT2D eigenvalue weighted by Crippen LogP contribution is 2.26. The van der Waals surface area contributed by atoms with Crippen LogP contribution in [0.2, 0.25) is 0 Å². The zero-order valence-corrected chi connectivity index (χ0v) is 15.9. The van der Waals surface area contributed by atoms with Gasteiger partial charge >= 0.3 is 0 Å². The molecule has 7 heteroatoms. The predicted octanol–water partition coefficient (Wildman–Crippen LogP) is 3.22. The van der Waals surface area contributed by atoms with E-state index < -0.39 is 0 Å². The van der Waals surface area contributed by atoms with Crippen LogP contribution in [0.4, 0.5) is 5.82 Å². The van der Waals surface area contributed by atoms with Gasteiger partial charge in [0.25, 0.3) is 0 Å². The van der Waals surface area contributed by atoms with Crippen LogP contribution in [0.25, 0.3) is 11.2 Å². The Hall–Kier alpha value is -2.83. The molecular formula is C20H25N5O2. The molecule has 3 heterocycles. The minimum absolute atomic E-state index is 0.720. The molecule has 142 valence electrons. The molecular weight excluding hydrogens is 342 g/mol. The second kappa shape index (κ2) is 7.82. The van der Waals surface area contributed by atoms with Crippen LogP contribution in [0.5, 0.6) is 11.5 Å². The lowest BCUT2D eigenvalue weighted by Gasteiger charge is -2.11. The summed E-state index contributed by atoms with van der Waals surface area (Å²) in [6, 6.07) is 5.85. The topological polar surface area (TPSA) is 74.1 Å². The molecule has 1 aromatic carbocycles. The van der Waals surface area contributed by atoms with Gasteiger partial charge in [0.1, 0.15) is 23.7 Å². The van der Waals surface area contributed by atoms with Gasteiger partial charge in [-0.15, -0.1) is 0 Å². The van der Waals surface area contributed by atoms with Gasteiger partial charge in [-0.3, -0.25) is 0 Å². The first-order valence-electron chi connectivity index (χ1n) is 9.45. The lowest BCUT2D eigenvalue weighted by atomic mass is 10.1. The molecule has 7 nitrogen and oxygen atoms in total. The molecule has 0 amide bonds. The molecule has 0 spiro atoms. The van der Waals surface area contributed by atoms with E-state index in [1.54, 1.807) is 20.5 Å². The van der Waals surface area contributed by atoms with Crippen molar-refractivity contribution in [3.8, 4) is 11.5 Å². The second-order valence-corrected chi connectivity index (χ2v) is 6.74. The van der Waals surface area contributed by atoms with E-state index in [1.165, 1.54) is 19.3 Å². The quantitative estimate of drug-likeness (QED) is 0.721. The van der Waals surface area contributed by atoms with E-state index >= 15 is 0 Å². The van der Waals surface area contributed by atoms with Crippen LogP contribution >= 0.6 is 0 Å². The first-order chi connectivity index (χ1) is 13.3. The van der Waals surface area contributed by atoms with E-state index in [9.17, 15) is 0 Å². The maximum absolute atomic E-state index is 5.46. The van der Waals surface area contributed by atoms with Crippen LogP contribution in [-0.4, -0.2) is 40.3 Å². The molecule has 0 saturated carbocycles. The van der Waals surface area contributed by atoms with Gasteiger partial charge in [0, 0.05) is 19.5 Å². The molecule has 1 N–H and O–H groups in total. The van der Waals surface area contributed by atoms with Gasteiger partial charge in [-0.05, 0) is 43.0 Å². The molecule has 0 bridgehead atoms. The first kappa shape index (κ1) is 17.6. The van der Waals surface area contributed by atoms with Crippen LogP contribution in [-0.2, 0) is 19.4 Å². The van der Waals surface area contributed by atoms with Crippen molar-refractivity contribution < 1.29 is 9.47 Å². The number of benzene rings is 1. The normalized spacial score (nSPS) is 13.9. The Labute approximate surface area is 158 Å². The summed E-state index contributed by atoms with van der Waals surface area (Å²) in [6.45, 7) is 1.71. The van der Waals surface area contributed by atoms with E-state index in [1.807, 2.05) is 18.2 Å². The van der Waals surface area contributed by atoms with Crippen LogP contribution in [0.1, 0.15) is 30.7 Å². The van der Waals surface area contributed by atoms with Gasteiger partial charge in [0.15, 0.2) is 17.0 Å². The minimum Gasteiger partial charge on any atom is -0.497 e. The van der Waals surface area contributed by atoms with Crippen molar-refractivity contribution in [3.05, 3.63) is 35.9 Å². The number of methoxy groups -OCH3 is 2. The molecule has 0 saturated heterocycles. The molecule has 1 aliphatic heterocycles. The molecule has 0 radical (unpaired) electrons. The van der Waals surface area contributed by atoms with Gasteiger partial charge in [-0.25, -0.2) is 15.0 Å². The lowest BCUT2D eigenvalue weighted by Crippen LogP contribution is -2.08. The van der Waals surface area contributed by atoms with Gasteiger partial charge in [0.05, 0.1) is 14.2 Å². The predicted molar refractivity (Wildman–Crippen MR) is 105 cm³/mol. The Morgan fingerprint density at radius 3 is 2.89 bits per heavy atom.